The van der Waals surface area contributed by atoms with Crippen LogP contribution in [0.15, 0.2) is 79.1 Å². The van der Waals surface area contributed by atoms with E-state index in [-0.39, 0.29) is 6.10 Å². The number of aromatic nitrogens is 3. The van der Waals surface area contributed by atoms with Crippen molar-refractivity contribution in [3.05, 3.63) is 95.9 Å². The number of benzene rings is 3. The van der Waals surface area contributed by atoms with Gasteiger partial charge in [0.05, 0.1) is 18.4 Å². The van der Waals surface area contributed by atoms with Gasteiger partial charge in [-0.25, -0.2) is 9.97 Å². The average molecular weight is 552 g/mol. The summed E-state index contributed by atoms with van der Waals surface area (Å²) < 4.78 is 26.0. The smallest absolute Gasteiger partial charge is 0.151 e. The number of hydrogen-bond donors (Lipinski definition) is 1. The van der Waals surface area contributed by atoms with Crippen LogP contribution in [0.4, 0.5) is 5.82 Å². The molecule has 3 aromatic carbocycles. The molecule has 0 saturated heterocycles. The highest BCUT2D eigenvalue weighted by molar-refractivity contribution is 5.91. The van der Waals surface area contributed by atoms with Crippen molar-refractivity contribution >= 4 is 16.9 Å². The molecule has 41 heavy (non-hydrogen) atoms. The highest BCUT2D eigenvalue weighted by atomic mass is 16.5. The predicted octanol–water partition coefficient (Wildman–Crippen LogP) is 5.91. The van der Waals surface area contributed by atoms with Crippen molar-refractivity contribution in [3.63, 3.8) is 0 Å². The quantitative estimate of drug-likeness (QED) is 0.229. The van der Waals surface area contributed by atoms with Crippen molar-refractivity contribution in [2.75, 3.05) is 33.0 Å². The summed E-state index contributed by atoms with van der Waals surface area (Å²) in [5.41, 5.74) is 12.0. The number of anilines is 1. The Balaban J connectivity index is 1.14. The Bertz CT molecular complexity index is 1670. The van der Waals surface area contributed by atoms with Crippen molar-refractivity contribution in [2.24, 2.45) is 0 Å². The van der Waals surface area contributed by atoms with E-state index in [1.165, 1.54) is 6.33 Å². The lowest BCUT2D eigenvalue weighted by molar-refractivity contribution is 0.0783. The normalized spacial score (nSPS) is 14.4. The van der Waals surface area contributed by atoms with Crippen LogP contribution in [-0.4, -0.2) is 46.7 Å². The monoisotopic (exact) mass is 551 g/mol. The topological polar surface area (TPSA) is 96.9 Å². The second kappa shape index (κ2) is 11.5. The van der Waals surface area contributed by atoms with Crippen LogP contribution in [0.1, 0.15) is 29.8 Å². The maximum absolute atomic E-state index is 6.29. The van der Waals surface area contributed by atoms with Gasteiger partial charge in [-0.05, 0) is 75.1 Å². The lowest BCUT2D eigenvalue weighted by Gasteiger charge is -2.13. The molecule has 0 spiro atoms. The largest absolute Gasteiger partial charge is 0.492 e. The first kappa shape index (κ1) is 26.6. The highest BCUT2D eigenvalue weighted by Crippen LogP contribution is 2.41. The van der Waals surface area contributed by atoms with E-state index < -0.39 is 0 Å². The number of fused-ring (bicyclic) bond motifs is 3. The maximum Gasteiger partial charge on any atom is 0.151 e. The van der Waals surface area contributed by atoms with Gasteiger partial charge in [0, 0.05) is 23.9 Å². The average Bonchev–Trinajstić information content (AvgIpc) is 3.51. The molecule has 0 bridgehead atoms. The predicted molar refractivity (Wildman–Crippen MR) is 158 cm³/mol. The Hall–Kier alpha value is -4.60. The number of nitrogens with two attached hydrogens (primary N) is 1. The molecular formula is C32H33N5O4. The summed E-state index contributed by atoms with van der Waals surface area (Å²) in [5.74, 6) is 3.39. The lowest BCUT2D eigenvalue weighted by Crippen LogP contribution is -2.19. The van der Waals surface area contributed by atoms with Gasteiger partial charge in [-0.15, -0.1) is 0 Å². The Morgan fingerprint density at radius 1 is 0.927 bits per heavy atom. The standard InChI is InChI=1S/C32H33N5O4/c1-21-29-28(19-39-21)37(31-30(29)34-20-35-32(31)33)23-10-12-24(13-11-23)41-27-9-5-8-26(17-27)40-18-22-6-4-7-25(16-22)38-15-14-36(2)3/h4-13,16-17,20-21H,14-15,18-19H2,1-3H3,(H2,33,34,35). The molecule has 2 N–H and O–H groups in total. The number of hydrogen-bond acceptors (Lipinski definition) is 8. The molecule has 210 valence electrons. The van der Waals surface area contributed by atoms with Gasteiger partial charge < -0.3 is 34.1 Å². The number of ether oxygens (including phenoxy) is 4. The summed E-state index contributed by atoms with van der Waals surface area (Å²) in [6.07, 6.45) is 1.45. The first-order chi connectivity index (χ1) is 20.0. The minimum absolute atomic E-state index is 0.0505. The van der Waals surface area contributed by atoms with Crippen molar-refractivity contribution in [2.45, 2.75) is 26.2 Å². The van der Waals surface area contributed by atoms with Gasteiger partial charge in [0.25, 0.3) is 0 Å². The molecule has 1 atom stereocenters. The zero-order chi connectivity index (χ0) is 28.3. The summed E-state index contributed by atoms with van der Waals surface area (Å²) in [6, 6.07) is 23.5. The third kappa shape index (κ3) is 5.68. The third-order valence-corrected chi connectivity index (χ3v) is 7.03. The molecule has 0 amide bonds. The lowest BCUT2D eigenvalue weighted by atomic mass is 10.1. The second-order valence-electron chi connectivity index (χ2n) is 10.3. The molecule has 6 rings (SSSR count). The Labute approximate surface area is 239 Å². The van der Waals surface area contributed by atoms with Crippen LogP contribution in [0.5, 0.6) is 23.0 Å². The third-order valence-electron chi connectivity index (χ3n) is 7.03. The number of nitrogens with zero attached hydrogens (tertiary/aromatic N) is 4. The molecule has 5 aromatic rings. The minimum Gasteiger partial charge on any atom is -0.492 e. The fourth-order valence-electron chi connectivity index (χ4n) is 5.01. The molecule has 1 unspecified atom stereocenters. The fraction of sp³-hybridized carbons (Fsp3) is 0.250. The summed E-state index contributed by atoms with van der Waals surface area (Å²) in [5, 5.41) is 0. The van der Waals surface area contributed by atoms with Crippen molar-refractivity contribution < 1.29 is 18.9 Å². The molecule has 1 aliphatic heterocycles. The molecule has 9 heteroatoms. The molecule has 0 aliphatic carbocycles. The maximum atomic E-state index is 6.29. The fourth-order valence-corrected chi connectivity index (χ4v) is 5.01. The van der Waals surface area contributed by atoms with Crippen molar-refractivity contribution in [3.8, 4) is 28.7 Å². The van der Waals surface area contributed by atoms with Gasteiger partial charge in [0.2, 0.25) is 0 Å². The highest BCUT2D eigenvalue weighted by Gasteiger charge is 2.30. The van der Waals surface area contributed by atoms with Crippen LogP contribution in [0.2, 0.25) is 0 Å². The Morgan fingerprint density at radius 2 is 1.68 bits per heavy atom. The van der Waals surface area contributed by atoms with E-state index in [0.29, 0.717) is 37.1 Å². The van der Waals surface area contributed by atoms with Gasteiger partial charge in [0.1, 0.15) is 53.6 Å². The minimum atomic E-state index is -0.0505. The summed E-state index contributed by atoms with van der Waals surface area (Å²) in [6.45, 7) is 4.44. The molecule has 0 fully saturated rings. The SMILES string of the molecule is CC1OCc2c1c1ncnc(N)c1n2-c1ccc(Oc2cccc(OCc3cccc(OCCN(C)C)c3)c2)cc1. The molecule has 3 heterocycles. The van der Waals surface area contributed by atoms with Crippen molar-refractivity contribution in [1.29, 1.82) is 0 Å². The summed E-state index contributed by atoms with van der Waals surface area (Å²) in [7, 11) is 4.05. The number of likely N-dealkylation sites (N-methyl/N-ethyl adjacent to an activating group) is 1. The molecule has 2 aromatic heterocycles. The van der Waals surface area contributed by atoms with E-state index in [9.17, 15) is 0 Å². The van der Waals surface area contributed by atoms with E-state index >= 15 is 0 Å². The van der Waals surface area contributed by atoms with Crippen LogP contribution < -0.4 is 19.9 Å². The number of rotatable bonds is 10. The van der Waals surface area contributed by atoms with Crippen LogP contribution in [0, 0.1) is 0 Å². The van der Waals surface area contributed by atoms with E-state index in [2.05, 4.69) is 19.4 Å². The zero-order valence-corrected chi connectivity index (χ0v) is 23.4. The van der Waals surface area contributed by atoms with Gasteiger partial charge in [-0.3, -0.25) is 0 Å². The van der Waals surface area contributed by atoms with E-state index in [1.807, 2.05) is 93.8 Å². The second-order valence-corrected chi connectivity index (χ2v) is 10.3. The summed E-state index contributed by atoms with van der Waals surface area (Å²) >= 11 is 0. The van der Waals surface area contributed by atoms with Gasteiger partial charge in [0.15, 0.2) is 5.82 Å². The molecule has 0 saturated carbocycles. The Morgan fingerprint density at radius 3 is 2.49 bits per heavy atom. The Kier molecular flexibility index (Phi) is 7.45. The van der Waals surface area contributed by atoms with Crippen LogP contribution >= 0.6 is 0 Å². The molecule has 1 aliphatic rings. The first-order valence-electron chi connectivity index (χ1n) is 13.6. The van der Waals surface area contributed by atoms with Crippen LogP contribution in [0.25, 0.3) is 16.7 Å². The van der Waals surface area contributed by atoms with E-state index in [1.54, 1.807) is 0 Å². The molecule has 0 radical (unpaired) electrons. The van der Waals surface area contributed by atoms with Crippen molar-refractivity contribution in [1.82, 2.24) is 19.4 Å². The van der Waals surface area contributed by atoms with Gasteiger partial charge >= 0.3 is 0 Å². The van der Waals surface area contributed by atoms with E-state index in [4.69, 9.17) is 24.7 Å². The van der Waals surface area contributed by atoms with Crippen LogP contribution in [0.3, 0.4) is 0 Å². The van der Waals surface area contributed by atoms with Gasteiger partial charge in [-0.1, -0.05) is 18.2 Å². The zero-order valence-electron chi connectivity index (χ0n) is 23.4. The number of nitrogen functional groups attached to an aromatic ring is 1. The van der Waals surface area contributed by atoms with E-state index in [0.717, 1.165) is 51.6 Å². The van der Waals surface area contributed by atoms with Crippen LogP contribution in [-0.2, 0) is 18.0 Å². The summed E-state index contributed by atoms with van der Waals surface area (Å²) in [4.78, 5) is 10.8. The first-order valence-corrected chi connectivity index (χ1v) is 13.6. The molecule has 9 nitrogen and oxygen atoms in total. The van der Waals surface area contributed by atoms with Gasteiger partial charge in [-0.2, -0.15) is 0 Å². The molecular weight excluding hydrogens is 518 g/mol.